The van der Waals surface area contributed by atoms with E-state index in [0.29, 0.717) is 12.1 Å². The number of hydrogen-bond donors (Lipinski definition) is 1. The van der Waals surface area contributed by atoms with Crippen LogP contribution >= 0.6 is 31.9 Å². The molecule has 0 radical (unpaired) electrons. The number of aryl methyl sites for hydroxylation is 1. The number of nitrogens with one attached hydrogen (secondary N) is 1. The Labute approximate surface area is 135 Å². The van der Waals surface area contributed by atoms with Gasteiger partial charge in [-0.05, 0) is 52.2 Å². The highest BCUT2D eigenvalue weighted by atomic mass is 79.9. The van der Waals surface area contributed by atoms with Crippen molar-refractivity contribution < 1.29 is 4.79 Å². The lowest BCUT2D eigenvalue weighted by Gasteiger charge is -2.09. The molecule has 0 bridgehead atoms. The predicted octanol–water partition coefficient (Wildman–Crippen LogP) is 4.10. The van der Waals surface area contributed by atoms with Crippen LogP contribution in [0.15, 0.2) is 45.5 Å². The lowest BCUT2D eigenvalue weighted by Crippen LogP contribution is -2.24. The Kier molecular flexibility index (Phi) is 5.31. The SMILES string of the molecule is CCc1cccnc1CNC(=O)c1cc(Br)ccc1Br. The highest BCUT2D eigenvalue weighted by Crippen LogP contribution is 2.21. The van der Waals surface area contributed by atoms with Gasteiger partial charge in [-0.1, -0.05) is 28.9 Å². The summed E-state index contributed by atoms with van der Waals surface area (Å²) >= 11 is 6.76. The van der Waals surface area contributed by atoms with Crippen LogP contribution in [0.3, 0.4) is 0 Å². The first-order valence-corrected chi connectivity index (χ1v) is 7.86. The first kappa shape index (κ1) is 15.2. The topological polar surface area (TPSA) is 42.0 Å². The summed E-state index contributed by atoms with van der Waals surface area (Å²) < 4.78 is 1.65. The van der Waals surface area contributed by atoms with Gasteiger partial charge in [0.1, 0.15) is 0 Å². The van der Waals surface area contributed by atoms with Crippen LogP contribution in [0.25, 0.3) is 0 Å². The number of pyridine rings is 1. The van der Waals surface area contributed by atoms with Crippen molar-refractivity contribution in [2.24, 2.45) is 0 Å². The van der Waals surface area contributed by atoms with E-state index in [1.807, 2.05) is 24.3 Å². The molecule has 0 saturated heterocycles. The van der Waals surface area contributed by atoms with E-state index in [-0.39, 0.29) is 5.91 Å². The molecule has 3 nitrogen and oxygen atoms in total. The fourth-order valence-corrected chi connectivity index (χ4v) is 2.67. The monoisotopic (exact) mass is 396 g/mol. The molecule has 0 unspecified atom stereocenters. The van der Waals surface area contributed by atoms with Crippen molar-refractivity contribution in [2.45, 2.75) is 19.9 Å². The molecule has 0 aliphatic heterocycles. The van der Waals surface area contributed by atoms with Crippen molar-refractivity contribution in [3.05, 3.63) is 62.3 Å². The van der Waals surface area contributed by atoms with E-state index in [2.05, 4.69) is 49.1 Å². The van der Waals surface area contributed by atoms with Gasteiger partial charge in [0.05, 0.1) is 17.8 Å². The highest BCUT2D eigenvalue weighted by Gasteiger charge is 2.11. The van der Waals surface area contributed by atoms with Gasteiger partial charge in [0, 0.05) is 15.1 Å². The lowest BCUT2D eigenvalue weighted by atomic mass is 10.1. The van der Waals surface area contributed by atoms with Gasteiger partial charge in [-0.15, -0.1) is 0 Å². The Morgan fingerprint density at radius 2 is 2.10 bits per heavy atom. The molecule has 0 aliphatic rings. The van der Waals surface area contributed by atoms with E-state index in [1.165, 1.54) is 0 Å². The predicted molar refractivity (Wildman–Crippen MR) is 86.6 cm³/mol. The van der Waals surface area contributed by atoms with Crippen LogP contribution in [0.5, 0.6) is 0 Å². The quantitative estimate of drug-likeness (QED) is 0.843. The van der Waals surface area contributed by atoms with Crippen LogP contribution in [0, 0.1) is 0 Å². The number of nitrogens with zero attached hydrogens (tertiary/aromatic N) is 1. The molecule has 1 amide bonds. The van der Waals surface area contributed by atoms with Crippen LogP contribution in [0.4, 0.5) is 0 Å². The molecule has 1 N–H and O–H groups in total. The van der Waals surface area contributed by atoms with Crippen LogP contribution in [0.1, 0.15) is 28.5 Å². The molecule has 2 rings (SSSR count). The third-order valence-corrected chi connectivity index (χ3v) is 4.14. The molecule has 0 saturated carbocycles. The first-order valence-electron chi connectivity index (χ1n) is 6.28. The number of aromatic nitrogens is 1. The van der Waals surface area contributed by atoms with Gasteiger partial charge in [0.25, 0.3) is 5.91 Å². The van der Waals surface area contributed by atoms with Crippen LogP contribution in [-0.4, -0.2) is 10.9 Å². The van der Waals surface area contributed by atoms with Gasteiger partial charge in [-0.2, -0.15) is 0 Å². The van der Waals surface area contributed by atoms with Gasteiger partial charge < -0.3 is 5.32 Å². The molecule has 1 aromatic carbocycles. The summed E-state index contributed by atoms with van der Waals surface area (Å²) in [4.78, 5) is 16.5. The van der Waals surface area contributed by atoms with E-state index in [0.717, 1.165) is 26.6 Å². The number of benzene rings is 1. The maximum absolute atomic E-state index is 12.2. The summed E-state index contributed by atoms with van der Waals surface area (Å²) in [7, 11) is 0. The molecule has 0 aliphatic carbocycles. The van der Waals surface area contributed by atoms with Gasteiger partial charge in [0.15, 0.2) is 0 Å². The molecule has 1 aromatic heterocycles. The third kappa shape index (κ3) is 3.67. The Balaban J connectivity index is 2.11. The lowest BCUT2D eigenvalue weighted by molar-refractivity contribution is 0.0949. The van der Waals surface area contributed by atoms with Gasteiger partial charge in [-0.3, -0.25) is 9.78 Å². The van der Waals surface area contributed by atoms with Crippen molar-refractivity contribution >= 4 is 37.8 Å². The van der Waals surface area contributed by atoms with Gasteiger partial charge >= 0.3 is 0 Å². The summed E-state index contributed by atoms with van der Waals surface area (Å²) in [5, 5.41) is 2.91. The van der Waals surface area contributed by atoms with Crippen LogP contribution in [-0.2, 0) is 13.0 Å². The molecular weight excluding hydrogens is 384 g/mol. The zero-order chi connectivity index (χ0) is 14.5. The molecule has 1 heterocycles. The number of carbonyl (C=O) groups is 1. The van der Waals surface area contributed by atoms with E-state index in [9.17, 15) is 4.79 Å². The average Bonchev–Trinajstić information content (AvgIpc) is 2.47. The molecule has 0 atom stereocenters. The summed E-state index contributed by atoms with van der Waals surface area (Å²) in [6, 6.07) is 9.46. The third-order valence-electron chi connectivity index (χ3n) is 2.95. The minimum Gasteiger partial charge on any atom is -0.346 e. The fourth-order valence-electron chi connectivity index (χ4n) is 1.88. The minimum absolute atomic E-state index is 0.120. The molecule has 104 valence electrons. The van der Waals surface area contributed by atoms with Crippen molar-refractivity contribution in [1.82, 2.24) is 10.3 Å². The molecule has 5 heteroatoms. The maximum atomic E-state index is 12.2. The molecule has 0 spiro atoms. The Hall–Kier alpha value is -1.20. The van der Waals surface area contributed by atoms with E-state index >= 15 is 0 Å². The van der Waals surface area contributed by atoms with Crippen molar-refractivity contribution in [3.8, 4) is 0 Å². The summed E-state index contributed by atoms with van der Waals surface area (Å²) in [5.74, 6) is -0.120. The minimum atomic E-state index is -0.120. The first-order chi connectivity index (χ1) is 9.61. The number of rotatable bonds is 4. The van der Waals surface area contributed by atoms with Crippen molar-refractivity contribution in [1.29, 1.82) is 0 Å². The second-order valence-corrected chi connectivity index (χ2v) is 6.04. The molecule has 20 heavy (non-hydrogen) atoms. The number of amides is 1. The Morgan fingerprint density at radius 3 is 2.85 bits per heavy atom. The maximum Gasteiger partial charge on any atom is 0.252 e. The van der Waals surface area contributed by atoms with Crippen molar-refractivity contribution in [3.63, 3.8) is 0 Å². The molecular formula is C15H14Br2N2O. The smallest absolute Gasteiger partial charge is 0.252 e. The second kappa shape index (κ2) is 6.99. The van der Waals surface area contributed by atoms with Crippen molar-refractivity contribution in [2.75, 3.05) is 0 Å². The van der Waals surface area contributed by atoms with Gasteiger partial charge in [0.2, 0.25) is 0 Å². The standard InChI is InChI=1S/C15H14Br2N2O/c1-2-10-4-3-7-18-14(10)9-19-15(20)12-8-11(16)5-6-13(12)17/h3-8H,2,9H2,1H3,(H,19,20). The highest BCUT2D eigenvalue weighted by molar-refractivity contribution is 9.11. The zero-order valence-electron chi connectivity index (χ0n) is 11.0. The largest absolute Gasteiger partial charge is 0.346 e. The zero-order valence-corrected chi connectivity index (χ0v) is 14.2. The normalized spacial score (nSPS) is 10.3. The molecule has 2 aromatic rings. The second-order valence-electron chi connectivity index (χ2n) is 4.27. The fraction of sp³-hybridized carbons (Fsp3) is 0.200. The summed E-state index contributed by atoms with van der Waals surface area (Å²) in [6.07, 6.45) is 2.65. The number of halogens is 2. The Morgan fingerprint density at radius 1 is 1.30 bits per heavy atom. The Bertz CT molecular complexity index is 629. The summed E-state index contributed by atoms with van der Waals surface area (Å²) in [6.45, 7) is 2.51. The number of hydrogen-bond acceptors (Lipinski definition) is 2. The van der Waals surface area contributed by atoms with E-state index < -0.39 is 0 Å². The number of carbonyl (C=O) groups excluding carboxylic acids is 1. The van der Waals surface area contributed by atoms with E-state index in [4.69, 9.17) is 0 Å². The average molecular weight is 398 g/mol. The van der Waals surface area contributed by atoms with Crippen LogP contribution < -0.4 is 5.32 Å². The van der Waals surface area contributed by atoms with Crippen LogP contribution in [0.2, 0.25) is 0 Å². The summed E-state index contributed by atoms with van der Waals surface area (Å²) in [5.41, 5.74) is 2.67. The van der Waals surface area contributed by atoms with E-state index in [1.54, 1.807) is 12.3 Å². The molecule has 0 fully saturated rings. The van der Waals surface area contributed by atoms with Gasteiger partial charge in [-0.25, -0.2) is 0 Å².